The van der Waals surface area contributed by atoms with Gasteiger partial charge in [0.2, 0.25) is 0 Å². The zero-order chi connectivity index (χ0) is 16.1. The van der Waals surface area contributed by atoms with Crippen molar-refractivity contribution in [2.45, 2.75) is 80.1 Å². The van der Waals surface area contributed by atoms with Crippen LogP contribution in [0.25, 0.3) is 0 Å². The maximum Gasteiger partial charge on any atom is -0.0256 e. The molecule has 122 valence electrons. The first kappa shape index (κ1) is 20.2. The molecule has 1 fully saturated rings. The summed E-state index contributed by atoms with van der Waals surface area (Å²) in [4.78, 5) is 0. The molecule has 0 nitrogen and oxygen atoms in total. The number of benzene rings is 1. The van der Waals surface area contributed by atoms with E-state index in [1.165, 1.54) is 44.1 Å². The summed E-state index contributed by atoms with van der Waals surface area (Å²) in [6, 6.07) is 10.6. The maximum atomic E-state index is 2.33. The van der Waals surface area contributed by atoms with E-state index in [0.717, 1.165) is 17.8 Å². The Kier molecular flexibility index (Phi) is 12.4. The van der Waals surface area contributed by atoms with Crippen LogP contribution in [0.1, 0.15) is 79.2 Å². The molecule has 0 saturated heterocycles. The summed E-state index contributed by atoms with van der Waals surface area (Å²) in [6.07, 6.45) is 8.69. The van der Waals surface area contributed by atoms with Crippen LogP contribution in [0.3, 0.4) is 0 Å². The third kappa shape index (κ3) is 11.5. The second-order valence-electron chi connectivity index (χ2n) is 6.86. The van der Waals surface area contributed by atoms with Gasteiger partial charge < -0.3 is 0 Å². The van der Waals surface area contributed by atoms with Crippen LogP contribution >= 0.6 is 0 Å². The maximum absolute atomic E-state index is 2.33. The molecule has 0 bridgehead atoms. The molecule has 1 aliphatic rings. The van der Waals surface area contributed by atoms with Crippen molar-refractivity contribution in [1.29, 1.82) is 0 Å². The molecule has 0 heteroatoms. The highest BCUT2D eigenvalue weighted by Gasteiger charge is 2.15. The fourth-order valence-electron chi connectivity index (χ4n) is 3.00. The summed E-state index contributed by atoms with van der Waals surface area (Å²) in [5.41, 5.74) is 1.44. The molecule has 0 heterocycles. The average Bonchev–Trinajstić information content (AvgIpc) is 2.94. The Bertz CT molecular complexity index is 304. The van der Waals surface area contributed by atoms with Crippen molar-refractivity contribution in [3.05, 3.63) is 35.9 Å². The monoisotopic (exact) mass is 290 g/mol. The van der Waals surface area contributed by atoms with E-state index in [4.69, 9.17) is 0 Å². The normalized spacial score (nSPS) is 14.5. The average molecular weight is 291 g/mol. The van der Waals surface area contributed by atoms with Gasteiger partial charge in [0.25, 0.3) is 0 Å². The standard InChI is InChI=1S/C10H14.C9H18.C2H6/c1-9(2)8-10-6-4-3-5-7-10;1-8(2)7-9-5-3-4-6-9;1-2/h3-7,9H,8H2,1-2H3;8-9H,3-7H2,1-2H3;1-2H3. The molecule has 0 aromatic heterocycles. The first-order chi connectivity index (χ1) is 10.1. The van der Waals surface area contributed by atoms with E-state index < -0.39 is 0 Å². The molecule has 21 heavy (non-hydrogen) atoms. The molecular weight excluding hydrogens is 252 g/mol. The summed E-state index contributed by atoms with van der Waals surface area (Å²) in [7, 11) is 0. The molecule has 1 aromatic carbocycles. The van der Waals surface area contributed by atoms with Crippen LogP contribution in [0.4, 0.5) is 0 Å². The van der Waals surface area contributed by atoms with E-state index in [9.17, 15) is 0 Å². The first-order valence-corrected chi connectivity index (χ1v) is 9.11. The second-order valence-corrected chi connectivity index (χ2v) is 6.86. The molecule has 0 N–H and O–H groups in total. The number of hydrogen-bond acceptors (Lipinski definition) is 0. The van der Waals surface area contributed by atoms with Gasteiger partial charge in [0.1, 0.15) is 0 Å². The SMILES string of the molecule is CC.CC(C)CC1CCCC1.CC(C)Cc1ccccc1. The van der Waals surface area contributed by atoms with Gasteiger partial charge in [-0.15, -0.1) is 0 Å². The molecule has 0 amide bonds. The molecule has 1 aromatic rings. The third-order valence-electron chi connectivity index (χ3n) is 3.77. The Morgan fingerprint density at radius 1 is 0.857 bits per heavy atom. The van der Waals surface area contributed by atoms with Crippen LogP contribution in [0, 0.1) is 17.8 Å². The van der Waals surface area contributed by atoms with Crippen molar-refractivity contribution in [1.82, 2.24) is 0 Å². The summed E-state index contributed by atoms with van der Waals surface area (Å²) >= 11 is 0. The van der Waals surface area contributed by atoms with Crippen LogP contribution in [0.5, 0.6) is 0 Å². The Labute approximate surface area is 134 Å². The summed E-state index contributed by atoms with van der Waals surface area (Å²) in [5, 5.41) is 0. The van der Waals surface area contributed by atoms with Gasteiger partial charge in [-0.3, -0.25) is 0 Å². The van der Waals surface area contributed by atoms with Crippen molar-refractivity contribution in [2.75, 3.05) is 0 Å². The minimum atomic E-state index is 0.766. The number of hydrogen-bond donors (Lipinski definition) is 0. The zero-order valence-corrected chi connectivity index (χ0v) is 15.4. The van der Waals surface area contributed by atoms with E-state index in [0.29, 0.717) is 0 Å². The van der Waals surface area contributed by atoms with Crippen molar-refractivity contribution < 1.29 is 0 Å². The molecule has 0 atom stereocenters. The summed E-state index contributed by atoms with van der Waals surface area (Å²) in [6.45, 7) is 13.1. The molecule has 1 saturated carbocycles. The van der Waals surface area contributed by atoms with Gasteiger partial charge in [-0.2, -0.15) is 0 Å². The zero-order valence-electron chi connectivity index (χ0n) is 15.4. The van der Waals surface area contributed by atoms with Gasteiger partial charge in [0.15, 0.2) is 0 Å². The Morgan fingerprint density at radius 2 is 1.38 bits per heavy atom. The van der Waals surface area contributed by atoms with Crippen LogP contribution in [0.15, 0.2) is 30.3 Å². The van der Waals surface area contributed by atoms with E-state index in [1.807, 2.05) is 13.8 Å². The molecule has 0 aliphatic heterocycles. The Balaban J connectivity index is 0.000000342. The van der Waals surface area contributed by atoms with Crippen LogP contribution in [-0.2, 0) is 6.42 Å². The highest BCUT2D eigenvalue weighted by molar-refractivity contribution is 5.14. The van der Waals surface area contributed by atoms with Crippen LogP contribution in [0.2, 0.25) is 0 Å². The summed E-state index contributed by atoms with van der Waals surface area (Å²) in [5.74, 6) is 2.78. The fourth-order valence-corrected chi connectivity index (χ4v) is 3.00. The first-order valence-electron chi connectivity index (χ1n) is 9.11. The van der Waals surface area contributed by atoms with Gasteiger partial charge in [-0.05, 0) is 36.2 Å². The van der Waals surface area contributed by atoms with Crippen molar-refractivity contribution >= 4 is 0 Å². The number of rotatable bonds is 4. The van der Waals surface area contributed by atoms with Gasteiger partial charge in [-0.25, -0.2) is 0 Å². The lowest BCUT2D eigenvalue weighted by molar-refractivity contribution is 0.419. The van der Waals surface area contributed by atoms with E-state index in [2.05, 4.69) is 58.0 Å². The molecule has 0 unspecified atom stereocenters. The lowest BCUT2D eigenvalue weighted by Gasteiger charge is -2.10. The van der Waals surface area contributed by atoms with Crippen LogP contribution < -0.4 is 0 Å². The Hall–Kier alpha value is -0.780. The predicted octanol–water partition coefficient (Wildman–Crippen LogP) is 7.13. The lowest BCUT2D eigenvalue weighted by Crippen LogP contribution is -1.98. The smallest absolute Gasteiger partial charge is 0.0256 e. The predicted molar refractivity (Wildman–Crippen MR) is 97.7 cm³/mol. The van der Waals surface area contributed by atoms with E-state index in [1.54, 1.807) is 0 Å². The van der Waals surface area contributed by atoms with Crippen molar-refractivity contribution in [2.24, 2.45) is 17.8 Å². The molecular formula is C21H38. The second kappa shape index (κ2) is 12.9. The largest absolute Gasteiger partial charge is 0.0683 e. The fraction of sp³-hybridized carbons (Fsp3) is 0.714. The lowest BCUT2D eigenvalue weighted by atomic mass is 9.96. The van der Waals surface area contributed by atoms with Crippen LogP contribution in [-0.4, -0.2) is 0 Å². The highest BCUT2D eigenvalue weighted by atomic mass is 14.2. The van der Waals surface area contributed by atoms with Gasteiger partial charge in [0.05, 0.1) is 0 Å². The van der Waals surface area contributed by atoms with E-state index >= 15 is 0 Å². The quantitative estimate of drug-likeness (QED) is 0.553. The van der Waals surface area contributed by atoms with Gasteiger partial charge in [-0.1, -0.05) is 97.6 Å². The summed E-state index contributed by atoms with van der Waals surface area (Å²) < 4.78 is 0. The van der Waals surface area contributed by atoms with Crippen molar-refractivity contribution in [3.8, 4) is 0 Å². The van der Waals surface area contributed by atoms with E-state index in [-0.39, 0.29) is 0 Å². The minimum absolute atomic E-state index is 0.766. The van der Waals surface area contributed by atoms with Crippen molar-refractivity contribution in [3.63, 3.8) is 0 Å². The Morgan fingerprint density at radius 3 is 1.81 bits per heavy atom. The minimum Gasteiger partial charge on any atom is -0.0683 e. The van der Waals surface area contributed by atoms with Gasteiger partial charge in [0, 0.05) is 0 Å². The molecule has 1 aliphatic carbocycles. The molecule has 0 radical (unpaired) electrons. The highest BCUT2D eigenvalue weighted by Crippen LogP contribution is 2.29. The molecule has 0 spiro atoms. The topological polar surface area (TPSA) is 0 Å². The molecule has 2 rings (SSSR count). The van der Waals surface area contributed by atoms with Gasteiger partial charge >= 0.3 is 0 Å². The third-order valence-corrected chi connectivity index (χ3v) is 3.77.